The minimum atomic E-state index is -4.23. The van der Waals surface area contributed by atoms with Gasteiger partial charge in [0.15, 0.2) is 9.84 Å². The number of sulfone groups is 1. The molecule has 0 unspecified atom stereocenters. The van der Waals surface area contributed by atoms with Crippen LogP contribution in [0.25, 0.3) is 0 Å². The molecule has 0 N–H and O–H groups in total. The number of non-ortho nitro benzene ring substituents is 1. The van der Waals surface area contributed by atoms with Crippen molar-refractivity contribution in [3.8, 4) is 0 Å². The third-order valence-corrected chi connectivity index (χ3v) is 5.41. The van der Waals surface area contributed by atoms with Crippen molar-refractivity contribution in [2.24, 2.45) is 0 Å². The smallest absolute Gasteiger partial charge is 0.310 e. The molecule has 0 radical (unpaired) electrons. The topological polar surface area (TPSA) is 147 Å². The fourth-order valence-electron chi connectivity index (χ4n) is 2.43. The van der Waals surface area contributed by atoms with Crippen LogP contribution in [0, 0.1) is 20.2 Å². The largest absolute Gasteiger partial charge is 0.469 e. The number of benzene rings is 2. The number of nitro groups is 2. The van der Waals surface area contributed by atoms with Crippen molar-refractivity contribution in [1.82, 2.24) is 0 Å². The van der Waals surface area contributed by atoms with Gasteiger partial charge in [-0.3, -0.25) is 25.0 Å². The molecule has 2 rings (SSSR count). The van der Waals surface area contributed by atoms with E-state index in [0.717, 1.165) is 13.2 Å². The van der Waals surface area contributed by atoms with E-state index in [9.17, 15) is 33.4 Å². The summed E-state index contributed by atoms with van der Waals surface area (Å²) in [4.78, 5) is 31.5. The Bertz CT molecular complexity index is 1000. The van der Waals surface area contributed by atoms with Gasteiger partial charge < -0.3 is 4.74 Å². The minimum Gasteiger partial charge on any atom is -0.469 e. The van der Waals surface area contributed by atoms with E-state index in [2.05, 4.69) is 4.74 Å². The third kappa shape index (κ3) is 4.64. The van der Waals surface area contributed by atoms with E-state index in [1.807, 2.05) is 0 Å². The monoisotopic (exact) mass is 394 g/mol. The highest BCUT2D eigenvalue weighted by atomic mass is 32.2. The lowest BCUT2D eigenvalue weighted by molar-refractivity contribution is -0.395. The Morgan fingerprint density at radius 2 is 1.70 bits per heavy atom. The summed E-state index contributed by atoms with van der Waals surface area (Å²) in [5.74, 6) is -1.46. The van der Waals surface area contributed by atoms with Gasteiger partial charge in [-0.2, -0.15) is 0 Å². The average Bonchev–Trinajstić information content (AvgIpc) is 2.61. The molecule has 0 aromatic heterocycles. The second kappa shape index (κ2) is 7.91. The summed E-state index contributed by atoms with van der Waals surface area (Å²) in [6, 6.07) is 9.30. The molecule has 0 atom stereocenters. The van der Waals surface area contributed by atoms with Crippen LogP contribution in [-0.4, -0.2) is 31.3 Å². The van der Waals surface area contributed by atoms with E-state index in [-0.39, 0.29) is 0 Å². The molecule has 0 saturated heterocycles. The third-order valence-electron chi connectivity index (χ3n) is 3.66. The predicted octanol–water partition coefficient (Wildman–Crippen LogP) is 2.19. The highest BCUT2D eigenvalue weighted by Gasteiger charge is 2.32. The summed E-state index contributed by atoms with van der Waals surface area (Å²) in [6.45, 7) is 0. The van der Waals surface area contributed by atoms with Gasteiger partial charge in [0, 0.05) is 6.07 Å². The highest BCUT2D eigenvalue weighted by molar-refractivity contribution is 7.90. The summed E-state index contributed by atoms with van der Waals surface area (Å²) < 4.78 is 30.2. The van der Waals surface area contributed by atoms with E-state index in [1.54, 1.807) is 18.2 Å². The van der Waals surface area contributed by atoms with Crippen LogP contribution in [0.4, 0.5) is 11.4 Å². The molecule has 2 aromatic carbocycles. The molecular formula is C16H14N2O8S. The maximum atomic E-state index is 12.8. The van der Waals surface area contributed by atoms with Gasteiger partial charge >= 0.3 is 5.97 Å². The van der Waals surface area contributed by atoms with Crippen molar-refractivity contribution in [1.29, 1.82) is 0 Å². The Kier molecular flexibility index (Phi) is 5.85. The number of methoxy groups -OCH3 is 1. The first-order valence-electron chi connectivity index (χ1n) is 7.45. The lowest BCUT2D eigenvalue weighted by atomic mass is 10.1. The lowest BCUT2D eigenvalue weighted by Gasteiger charge is -2.11. The molecule has 0 heterocycles. The van der Waals surface area contributed by atoms with Crippen molar-refractivity contribution in [3.63, 3.8) is 0 Å². The van der Waals surface area contributed by atoms with Crippen LogP contribution in [0.2, 0.25) is 0 Å². The van der Waals surface area contributed by atoms with Gasteiger partial charge in [0.2, 0.25) is 0 Å². The molecule has 0 saturated carbocycles. The number of hydrogen-bond acceptors (Lipinski definition) is 8. The van der Waals surface area contributed by atoms with Crippen LogP contribution in [0.1, 0.15) is 11.1 Å². The molecule has 0 aliphatic rings. The van der Waals surface area contributed by atoms with Gasteiger partial charge in [0.1, 0.15) is 0 Å². The zero-order chi connectivity index (χ0) is 20.2. The molecule has 10 nitrogen and oxygen atoms in total. The number of esters is 1. The standard InChI is InChI=1S/C16H14N2O8S/c1-26-16(19)9-13-14(18(22)23)7-12(17(20)21)8-15(13)27(24,25)10-11-5-3-2-4-6-11/h2-8H,9-10H2,1H3. The number of carbonyl (C=O) groups excluding carboxylic acids is 1. The van der Waals surface area contributed by atoms with Crippen LogP contribution in [0.5, 0.6) is 0 Å². The summed E-state index contributed by atoms with van der Waals surface area (Å²) in [5, 5.41) is 22.4. The predicted molar refractivity (Wildman–Crippen MR) is 92.8 cm³/mol. The van der Waals surface area contributed by atoms with Crippen LogP contribution < -0.4 is 0 Å². The Hall–Kier alpha value is -3.34. The first-order valence-corrected chi connectivity index (χ1v) is 9.10. The fourth-order valence-corrected chi connectivity index (χ4v) is 4.07. The summed E-state index contributed by atoms with van der Waals surface area (Å²) >= 11 is 0. The van der Waals surface area contributed by atoms with E-state index in [0.29, 0.717) is 11.6 Å². The van der Waals surface area contributed by atoms with Crippen LogP contribution >= 0.6 is 0 Å². The van der Waals surface area contributed by atoms with Gasteiger partial charge in [-0.15, -0.1) is 0 Å². The van der Waals surface area contributed by atoms with E-state index in [1.165, 1.54) is 12.1 Å². The zero-order valence-corrected chi connectivity index (χ0v) is 14.8. The second-order valence-electron chi connectivity index (χ2n) is 5.45. The summed E-state index contributed by atoms with van der Waals surface area (Å²) in [7, 11) is -3.19. The molecule has 142 valence electrons. The molecule has 0 fully saturated rings. The van der Waals surface area contributed by atoms with Gasteiger partial charge in [0.05, 0.1) is 45.7 Å². The SMILES string of the molecule is COC(=O)Cc1c([N+](=O)[O-])cc([N+](=O)[O-])cc1S(=O)(=O)Cc1ccccc1. The maximum absolute atomic E-state index is 12.8. The number of nitro benzene ring substituents is 2. The molecule has 2 aromatic rings. The summed E-state index contributed by atoms with van der Waals surface area (Å²) in [6.07, 6.45) is -0.714. The number of rotatable bonds is 7. The quantitative estimate of drug-likeness (QED) is 0.394. The number of hydrogen-bond donors (Lipinski definition) is 0. The first-order chi connectivity index (χ1) is 12.7. The fraction of sp³-hybridized carbons (Fsp3) is 0.188. The van der Waals surface area contributed by atoms with Crippen LogP contribution in [0.15, 0.2) is 47.4 Å². The maximum Gasteiger partial charge on any atom is 0.310 e. The normalized spacial score (nSPS) is 11.0. The Morgan fingerprint density at radius 1 is 1.07 bits per heavy atom. The van der Waals surface area contributed by atoms with Crippen molar-refractivity contribution >= 4 is 27.2 Å². The first kappa shape index (κ1) is 20.0. The highest BCUT2D eigenvalue weighted by Crippen LogP contribution is 2.33. The molecule has 27 heavy (non-hydrogen) atoms. The van der Waals surface area contributed by atoms with Crippen molar-refractivity contribution in [2.45, 2.75) is 17.1 Å². The molecular weight excluding hydrogens is 380 g/mol. The second-order valence-corrected chi connectivity index (χ2v) is 7.41. The molecule has 0 aliphatic carbocycles. The number of nitrogens with zero attached hydrogens (tertiary/aromatic N) is 2. The molecule has 11 heteroatoms. The molecule has 0 bridgehead atoms. The van der Waals surface area contributed by atoms with Gasteiger partial charge in [-0.25, -0.2) is 8.42 Å². The van der Waals surface area contributed by atoms with Crippen molar-refractivity contribution in [2.75, 3.05) is 7.11 Å². The van der Waals surface area contributed by atoms with E-state index in [4.69, 9.17) is 0 Å². The molecule has 0 amide bonds. The van der Waals surface area contributed by atoms with Crippen LogP contribution in [0.3, 0.4) is 0 Å². The van der Waals surface area contributed by atoms with E-state index >= 15 is 0 Å². The van der Waals surface area contributed by atoms with Crippen molar-refractivity contribution in [3.05, 3.63) is 73.8 Å². The van der Waals surface area contributed by atoms with Gasteiger partial charge in [-0.1, -0.05) is 30.3 Å². The Labute approximate surface area is 153 Å². The number of ether oxygens (including phenoxy) is 1. The lowest BCUT2D eigenvalue weighted by Crippen LogP contribution is -2.14. The summed E-state index contributed by atoms with van der Waals surface area (Å²) in [5.41, 5.74) is -1.66. The zero-order valence-electron chi connectivity index (χ0n) is 14.0. The number of carbonyl (C=O) groups is 1. The Morgan fingerprint density at radius 3 is 2.22 bits per heavy atom. The van der Waals surface area contributed by atoms with Gasteiger partial charge in [0.25, 0.3) is 11.4 Å². The van der Waals surface area contributed by atoms with E-state index < -0.39 is 59.7 Å². The van der Waals surface area contributed by atoms with Crippen molar-refractivity contribution < 1.29 is 27.8 Å². The molecule has 0 aliphatic heterocycles. The van der Waals surface area contributed by atoms with Crippen LogP contribution in [-0.2, 0) is 31.5 Å². The minimum absolute atomic E-state index is 0.385. The van der Waals surface area contributed by atoms with Gasteiger partial charge in [-0.05, 0) is 5.56 Å². The molecule has 0 spiro atoms. The average molecular weight is 394 g/mol. The Balaban J connectivity index is 2.72.